The van der Waals surface area contributed by atoms with Gasteiger partial charge in [-0.25, -0.2) is 0 Å². The third-order valence-corrected chi connectivity index (χ3v) is 5.80. The minimum absolute atomic E-state index is 0.145. The number of fused-ring (bicyclic) bond motifs is 4. The Bertz CT molecular complexity index is 1260. The van der Waals surface area contributed by atoms with Gasteiger partial charge in [-0.3, -0.25) is 10.1 Å². The normalized spacial score (nSPS) is 11.9. The van der Waals surface area contributed by atoms with Crippen LogP contribution in [0.25, 0.3) is 21.9 Å². The van der Waals surface area contributed by atoms with Gasteiger partial charge in [-0.05, 0) is 47.4 Å². The van der Waals surface area contributed by atoms with Crippen molar-refractivity contribution in [3.8, 4) is 11.1 Å². The second kappa shape index (κ2) is 6.74. The second-order valence-corrected chi connectivity index (χ2v) is 7.29. The van der Waals surface area contributed by atoms with Crippen molar-refractivity contribution in [3.05, 3.63) is 100 Å². The lowest BCUT2D eigenvalue weighted by Crippen LogP contribution is -2.18. The average molecular weight is 380 g/mol. The van der Waals surface area contributed by atoms with Gasteiger partial charge in [-0.15, -0.1) is 0 Å². The number of nitrogens with zero attached hydrogens (tertiary/aromatic N) is 2. The first-order valence-electron chi connectivity index (χ1n) is 9.83. The molecule has 0 aliphatic heterocycles. The molecule has 142 valence electrons. The molecule has 0 amide bonds. The maximum absolute atomic E-state index is 11.5. The van der Waals surface area contributed by atoms with E-state index in [0.29, 0.717) is 5.39 Å². The summed E-state index contributed by atoms with van der Waals surface area (Å²) in [6.07, 6.45) is 0.906. The molecular weight excluding hydrogens is 360 g/mol. The van der Waals surface area contributed by atoms with Crippen molar-refractivity contribution in [1.82, 2.24) is 0 Å². The van der Waals surface area contributed by atoms with E-state index in [-0.39, 0.29) is 10.6 Å². The Kier molecular flexibility index (Phi) is 4.06. The molecule has 0 saturated heterocycles. The van der Waals surface area contributed by atoms with E-state index in [2.05, 4.69) is 54.3 Å². The Morgan fingerprint density at radius 2 is 1.55 bits per heavy atom. The molecule has 4 aromatic rings. The van der Waals surface area contributed by atoms with Crippen LogP contribution in [0.1, 0.15) is 18.1 Å². The van der Waals surface area contributed by atoms with E-state index in [1.807, 2.05) is 30.3 Å². The SMILES string of the molecule is CCN(c1cccc2c1Cc1ccccc1-2)c1ccc([N+](=O)[O-])c2ccccc12. The van der Waals surface area contributed by atoms with Crippen LogP contribution in [0.5, 0.6) is 0 Å². The molecule has 1 aliphatic carbocycles. The van der Waals surface area contributed by atoms with Gasteiger partial charge in [0.15, 0.2) is 0 Å². The quantitative estimate of drug-likeness (QED) is 0.265. The summed E-state index contributed by atoms with van der Waals surface area (Å²) in [6, 6.07) is 26.1. The minimum Gasteiger partial charge on any atom is -0.341 e. The van der Waals surface area contributed by atoms with E-state index in [9.17, 15) is 10.1 Å². The van der Waals surface area contributed by atoms with Crippen LogP contribution in [0.4, 0.5) is 17.1 Å². The molecular formula is C25H20N2O2. The smallest absolute Gasteiger partial charge is 0.277 e. The molecule has 0 radical (unpaired) electrons. The molecule has 0 aromatic heterocycles. The zero-order chi connectivity index (χ0) is 20.0. The van der Waals surface area contributed by atoms with Crippen LogP contribution in [-0.4, -0.2) is 11.5 Å². The zero-order valence-electron chi connectivity index (χ0n) is 16.1. The van der Waals surface area contributed by atoms with Gasteiger partial charge in [0.2, 0.25) is 0 Å². The highest BCUT2D eigenvalue weighted by atomic mass is 16.6. The molecule has 4 aromatic carbocycles. The van der Waals surface area contributed by atoms with Crippen molar-refractivity contribution < 1.29 is 4.92 Å². The highest BCUT2D eigenvalue weighted by Crippen LogP contribution is 2.44. The van der Waals surface area contributed by atoms with Gasteiger partial charge in [0.1, 0.15) is 0 Å². The van der Waals surface area contributed by atoms with Crippen LogP contribution in [0, 0.1) is 10.1 Å². The summed E-state index contributed by atoms with van der Waals surface area (Å²) in [7, 11) is 0. The van der Waals surface area contributed by atoms with Gasteiger partial charge >= 0.3 is 0 Å². The van der Waals surface area contributed by atoms with Gasteiger partial charge in [0.05, 0.1) is 10.3 Å². The Morgan fingerprint density at radius 3 is 2.34 bits per heavy atom. The summed E-state index contributed by atoms with van der Waals surface area (Å²) in [5.74, 6) is 0. The molecule has 5 rings (SSSR count). The fraction of sp³-hybridized carbons (Fsp3) is 0.120. The van der Waals surface area contributed by atoms with E-state index in [1.165, 1.54) is 27.9 Å². The third-order valence-electron chi connectivity index (χ3n) is 5.80. The van der Waals surface area contributed by atoms with Gasteiger partial charge < -0.3 is 4.90 Å². The van der Waals surface area contributed by atoms with Crippen molar-refractivity contribution in [1.29, 1.82) is 0 Å². The average Bonchev–Trinajstić information content (AvgIpc) is 3.13. The predicted octanol–water partition coefficient (Wildman–Crippen LogP) is 6.48. The van der Waals surface area contributed by atoms with E-state index in [4.69, 9.17) is 0 Å². The van der Waals surface area contributed by atoms with Crippen LogP contribution in [0.2, 0.25) is 0 Å². The molecule has 1 aliphatic rings. The Labute approximate surface area is 169 Å². The highest BCUT2D eigenvalue weighted by molar-refractivity contribution is 6.02. The monoisotopic (exact) mass is 380 g/mol. The van der Waals surface area contributed by atoms with Crippen LogP contribution >= 0.6 is 0 Å². The van der Waals surface area contributed by atoms with E-state index >= 15 is 0 Å². The van der Waals surface area contributed by atoms with Gasteiger partial charge in [-0.2, -0.15) is 0 Å². The third kappa shape index (κ3) is 2.68. The molecule has 0 heterocycles. The van der Waals surface area contributed by atoms with E-state index in [1.54, 1.807) is 6.07 Å². The molecule has 0 atom stereocenters. The van der Waals surface area contributed by atoms with Crippen molar-refractivity contribution in [2.24, 2.45) is 0 Å². The molecule has 0 saturated carbocycles. The molecule has 0 spiro atoms. The van der Waals surface area contributed by atoms with Crippen LogP contribution < -0.4 is 4.90 Å². The Balaban J connectivity index is 1.71. The Hall–Kier alpha value is -3.66. The van der Waals surface area contributed by atoms with Gasteiger partial charge in [0, 0.05) is 35.8 Å². The fourth-order valence-electron chi connectivity index (χ4n) is 4.53. The number of hydrogen-bond donors (Lipinski definition) is 0. The maximum atomic E-state index is 11.5. The lowest BCUT2D eigenvalue weighted by molar-refractivity contribution is -0.383. The minimum atomic E-state index is -0.306. The van der Waals surface area contributed by atoms with Crippen molar-refractivity contribution >= 4 is 27.8 Å². The van der Waals surface area contributed by atoms with Crippen LogP contribution in [-0.2, 0) is 6.42 Å². The number of benzene rings is 4. The summed E-state index contributed by atoms with van der Waals surface area (Å²) in [5.41, 5.74) is 7.55. The summed E-state index contributed by atoms with van der Waals surface area (Å²) in [5, 5.41) is 13.1. The predicted molar refractivity (Wildman–Crippen MR) is 118 cm³/mol. The molecule has 0 unspecified atom stereocenters. The number of rotatable bonds is 4. The number of nitro benzene ring substituents is 1. The summed E-state index contributed by atoms with van der Waals surface area (Å²) < 4.78 is 0. The molecule has 0 fully saturated rings. The summed E-state index contributed by atoms with van der Waals surface area (Å²) in [4.78, 5) is 13.5. The standard InChI is InChI=1S/C25H20N2O2/c1-2-26(24-14-15-25(27(28)29)21-11-6-5-10-20(21)24)23-13-7-12-19-18-9-4-3-8-17(18)16-22(19)23/h3-15H,2,16H2,1H3. The van der Waals surface area contributed by atoms with Gasteiger partial charge in [0.25, 0.3) is 5.69 Å². The van der Waals surface area contributed by atoms with E-state index < -0.39 is 0 Å². The number of non-ortho nitro benzene ring substituents is 1. The van der Waals surface area contributed by atoms with Crippen molar-refractivity contribution in [2.45, 2.75) is 13.3 Å². The molecule has 0 N–H and O–H groups in total. The first-order valence-corrected chi connectivity index (χ1v) is 9.83. The summed E-state index contributed by atoms with van der Waals surface area (Å²) in [6.45, 7) is 2.90. The number of hydrogen-bond acceptors (Lipinski definition) is 3. The molecule has 29 heavy (non-hydrogen) atoms. The topological polar surface area (TPSA) is 46.4 Å². The second-order valence-electron chi connectivity index (χ2n) is 7.29. The maximum Gasteiger partial charge on any atom is 0.277 e. The summed E-state index contributed by atoms with van der Waals surface area (Å²) >= 11 is 0. The fourth-order valence-corrected chi connectivity index (χ4v) is 4.53. The van der Waals surface area contributed by atoms with Crippen LogP contribution in [0.15, 0.2) is 78.9 Å². The van der Waals surface area contributed by atoms with Gasteiger partial charge in [-0.1, -0.05) is 54.6 Å². The lowest BCUT2D eigenvalue weighted by Gasteiger charge is -2.27. The zero-order valence-corrected chi connectivity index (χ0v) is 16.1. The first-order chi connectivity index (χ1) is 14.2. The highest BCUT2D eigenvalue weighted by Gasteiger charge is 2.24. The van der Waals surface area contributed by atoms with Crippen molar-refractivity contribution in [2.75, 3.05) is 11.4 Å². The molecule has 4 heteroatoms. The Morgan fingerprint density at radius 1 is 0.828 bits per heavy atom. The van der Waals surface area contributed by atoms with Crippen molar-refractivity contribution in [3.63, 3.8) is 0 Å². The molecule has 4 nitrogen and oxygen atoms in total. The lowest BCUT2D eigenvalue weighted by atomic mass is 10.0. The van der Waals surface area contributed by atoms with E-state index in [0.717, 1.165) is 24.0 Å². The largest absolute Gasteiger partial charge is 0.341 e. The number of anilines is 2. The first kappa shape index (κ1) is 17.4. The number of nitro groups is 1. The molecule has 0 bridgehead atoms. The van der Waals surface area contributed by atoms with Crippen LogP contribution in [0.3, 0.4) is 0 Å².